The molecule has 0 bridgehead atoms. The fraction of sp³-hybridized carbons (Fsp3) is 0.565. The van der Waals surface area contributed by atoms with E-state index in [1.807, 2.05) is 24.8 Å². The number of hydrogen-bond acceptors (Lipinski definition) is 8. The monoisotopic (exact) mass is 451 g/mol. The zero-order valence-electron chi connectivity index (χ0n) is 19.1. The number of pyridine rings is 1. The van der Waals surface area contributed by atoms with Gasteiger partial charge in [-0.3, -0.25) is 9.59 Å². The summed E-state index contributed by atoms with van der Waals surface area (Å²) in [5, 5.41) is 22.0. The predicted octanol–water partition coefficient (Wildman–Crippen LogP) is 1.35. The molecule has 0 aromatic carbocycles. The molecule has 0 radical (unpaired) electrons. The van der Waals surface area contributed by atoms with Crippen LogP contribution < -0.4 is 0 Å². The first kappa shape index (κ1) is 21.8. The van der Waals surface area contributed by atoms with Crippen molar-refractivity contribution in [3.63, 3.8) is 0 Å². The topological polar surface area (TPSA) is 117 Å². The Kier molecular flexibility index (Phi) is 5.57. The van der Waals surface area contributed by atoms with E-state index in [4.69, 9.17) is 0 Å². The number of nitrogens with zero attached hydrogens (tertiary/aromatic N) is 7. The summed E-state index contributed by atoms with van der Waals surface area (Å²) in [6.45, 7) is 6.46. The normalized spacial score (nSPS) is 22.1. The lowest BCUT2D eigenvalue weighted by Gasteiger charge is -2.38. The number of aryl methyl sites for hydroxylation is 1. The second-order valence-electron chi connectivity index (χ2n) is 9.40. The van der Waals surface area contributed by atoms with Gasteiger partial charge in [0, 0.05) is 42.0 Å². The number of tetrazole rings is 1. The van der Waals surface area contributed by atoms with Crippen molar-refractivity contribution in [2.24, 2.45) is 5.41 Å². The smallest absolute Gasteiger partial charge is 0.233 e. The van der Waals surface area contributed by atoms with Crippen molar-refractivity contribution in [3.8, 4) is 5.82 Å². The Morgan fingerprint density at radius 3 is 2.48 bits per heavy atom. The predicted molar refractivity (Wildman–Crippen MR) is 118 cm³/mol. The summed E-state index contributed by atoms with van der Waals surface area (Å²) in [6.07, 6.45) is 4.43. The fourth-order valence-electron chi connectivity index (χ4n) is 5.46. The first-order chi connectivity index (χ1) is 15.9. The molecule has 2 aliphatic heterocycles. The van der Waals surface area contributed by atoms with Crippen LogP contribution in [0.4, 0.5) is 0 Å². The van der Waals surface area contributed by atoms with E-state index in [0.29, 0.717) is 31.7 Å². The van der Waals surface area contributed by atoms with Crippen LogP contribution in [-0.4, -0.2) is 78.0 Å². The Morgan fingerprint density at radius 1 is 1.09 bits per heavy atom. The minimum atomic E-state index is -0.664. The SMILES string of the molecule is CC1=C(N2CCC3(CCN(CC(O)c4ccc(-n5cnnn5)nc4C)CC3)C2=O)CCC1=O. The lowest BCUT2D eigenvalue weighted by atomic mass is 9.77. The average Bonchev–Trinajstić information content (AvgIpc) is 3.53. The molecular formula is C23H29N7O3. The van der Waals surface area contributed by atoms with Crippen LogP contribution in [0.3, 0.4) is 0 Å². The molecule has 1 unspecified atom stereocenters. The molecule has 10 heteroatoms. The number of aliphatic hydroxyl groups is 1. The highest BCUT2D eigenvalue weighted by Gasteiger charge is 2.49. The molecule has 174 valence electrons. The number of aliphatic hydroxyl groups excluding tert-OH is 1. The Labute approximate surface area is 192 Å². The van der Waals surface area contributed by atoms with Gasteiger partial charge in [-0.25, -0.2) is 4.98 Å². The third kappa shape index (κ3) is 3.87. The summed E-state index contributed by atoms with van der Waals surface area (Å²) in [5.74, 6) is 0.954. The molecule has 1 amide bonds. The van der Waals surface area contributed by atoms with Crippen LogP contribution in [0.2, 0.25) is 0 Å². The van der Waals surface area contributed by atoms with Crippen LogP contribution >= 0.6 is 0 Å². The number of rotatable bonds is 5. The number of aromatic nitrogens is 5. The number of amides is 1. The van der Waals surface area contributed by atoms with Gasteiger partial charge < -0.3 is 14.9 Å². The van der Waals surface area contributed by atoms with Gasteiger partial charge in [0.15, 0.2) is 11.6 Å². The van der Waals surface area contributed by atoms with Crippen LogP contribution in [0, 0.1) is 12.3 Å². The molecule has 10 nitrogen and oxygen atoms in total. The summed E-state index contributed by atoms with van der Waals surface area (Å²) >= 11 is 0. The molecular weight excluding hydrogens is 422 g/mol. The van der Waals surface area contributed by atoms with Crippen molar-refractivity contribution < 1.29 is 14.7 Å². The van der Waals surface area contributed by atoms with Gasteiger partial charge in [-0.05, 0) is 69.1 Å². The van der Waals surface area contributed by atoms with Gasteiger partial charge in [-0.2, -0.15) is 4.68 Å². The van der Waals surface area contributed by atoms with Crippen molar-refractivity contribution in [2.75, 3.05) is 26.2 Å². The maximum Gasteiger partial charge on any atom is 0.233 e. The lowest BCUT2D eigenvalue weighted by Crippen LogP contribution is -2.45. The first-order valence-corrected chi connectivity index (χ1v) is 11.5. The third-order valence-electron chi connectivity index (χ3n) is 7.58. The Morgan fingerprint density at radius 2 is 1.85 bits per heavy atom. The zero-order chi connectivity index (χ0) is 23.2. The molecule has 2 aromatic rings. The maximum atomic E-state index is 13.3. The Bertz CT molecular complexity index is 1100. The summed E-state index contributed by atoms with van der Waals surface area (Å²) in [7, 11) is 0. The van der Waals surface area contributed by atoms with E-state index in [2.05, 4.69) is 25.4 Å². The lowest BCUT2D eigenvalue weighted by molar-refractivity contribution is -0.137. The average molecular weight is 452 g/mol. The van der Waals surface area contributed by atoms with E-state index in [0.717, 1.165) is 54.9 Å². The van der Waals surface area contributed by atoms with Crippen LogP contribution in [-0.2, 0) is 9.59 Å². The fourth-order valence-corrected chi connectivity index (χ4v) is 5.46. The number of piperidine rings is 1. The van der Waals surface area contributed by atoms with Crippen LogP contribution in [0.1, 0.15) is 56.4 Å². The van der Waals surface area contributed by atoms with E-state index in [-0.39, 0.29) is 17.1 Å². The third-order valence-corrected chi connectivity index (χ3v) is 7.58. The van der Waals surface area contributed by atoms with Gasteiger partial charge in [0.05, 0.1) is 11.5 Å². The molecule has 2 saturated heterocycles. The number of allylic oxidation sites excluding steroid dienone is 2. The van der Waals surface area contributed by atoms with Crippen LogP contribution in [0.15, 0.2) is 29.7 Å². The maximum absolute atomic E-state index is 13.3. The molecule has 4 heterocycles. The van der Waals surface area contributed by atoms with E-state index >= 15 is 0 Å². The molecule has 0 saturated carbocycles. The largest absolute Gasteiger partial charge is 0.387 e. The Hall–Kier alpha value is -2.98. The van der Waals surface area contributed by atoms with Crippen molar-refractivity contribution in [1.82, 2.24) is 35.0 Å². The van der Waals surface area contributed by atoms with Crippen LogP contribution in [0.25, 0.3) is 5.82 Å². The molecule has 1 aliphatic carbocycles. The number of likely N-dealkylation sites (tertiary alicyclic amines) is 2. The highest BCUT2D eigenvalue weighted by atomic mass is 16.3. The van der Waals surface area contributed by atoms with Gasteiger partial charge in [0.25, 0.3) is 0 Å². The molecule has 5 rings (SSSR count). The zero-order valence-corrected chi connectivity index (χ0v) is 19.1. The summed E-state index contributed by atoms with van der Waals surface area (Å²) in [4.78, 5) is 33.9. The van der Waals surface area contributed by atoms with Gasteiger partial charge in [0.2, 0.25) is 5.91 Å². The minimum absolute atomic E-state index is 0.165. The molecule has 2 fully saturated rings. The molecule has 1 N–H and O–H groups in total. The quantitative estimate of drug-likeness (QED) is 0.724. The molecule has 1 atom stereocenters. The number of carbonyl (C=O) groups is 2. The van der Waals surface area contributed by atoms with Crippen molar-refractivity contribution in [1.29, 1.82) is 0 Å². The molecule has 1 spiro atoms. The summed E-state index contributed by atoms with van der Waals surface area (Å²) in [5.41, 5.74) is 2.89. The number of Topliss-reactive ketones (excluding diaryl/α,β-unsaturated/α-hetero) is 1. The van der Waals surface area contributed by atoms with Crippen LogP contribution in [0.5, 0.6) is 0 Å². The standard InChI is InChI=1S/C23H29N7O3/c1-15-18(4-5-19(15)31)29-12-9-23(22(29)33)7-10-28(11-8-23)13-20(32)17-3-6-21(25-16(17)2)30-14-24-26-27-30/h3,6,14,20,32H,4-5,7-13H2,1-2H3. The first-order valence-electron chi connectivity index (χ1n) is 11.5. The van der Waals surface area contributed by atoms with Crippen molar-refractivity contribution in [2.45, 2.75) is 52.1 Å². The van der Waals surface area contributed by atoms with Crippen molar-refractivity contribution in [3.05, 3.63) is 41.0 Å². The number of hydrogen-bond donors (Lipinski definition) is 1. The summed E-state index contributed by atoms with van der Waals surface area (Å²) in [6, 6.07) is 3.66. The highest BCUT2D eigenvalue weighted by Crippen LogP contribution is 2.44. The van der Waals surface area contributed by atoms with Gasteiger partial charge in [0.1, 0.15) is 6.33 Å². The second kappa shape index (κ2) is 8.42. The van der Waals surface area contributed by atoms with E-state index in [1.54, 1.807) is 6.07 Å². The van der Waals surface area contributed by atoms with E-state index < -0.39 is 6.10 Å². The summed E-state index contributed by atoms with van der Waals surface area (Å²) < 4.78 is 1.48. The molecule has 33 heavy (non-hydrogen) atoms. The highest BCUT2D eigenvalue weighted by molar-refractivity contribution is 5.99. The number of ketones is 1. The minimum Gasteiger partial charge on any atom is -0.387 e. The van der Waals surface area contributed by atoms with E-state index in [9.17, 15) is 14.7 Å². The number of carbonyl (C=O) groups excluding carboxylic acids is 2. The van der Waals surface area contributed by atoms with Gasteiger partial charge in [-0.15, -0.1) is 5.10 Å². The van der Waals surface area contributed by atoms with Gasteiger partial charge >= 0.3 is 0 Å². The van der Waals surface area contributed by atoms with Crippen molar-refractivity contribution >= 4 is 11.7 Å². The van der Waals surface area contributed by atoms with E-state index in [1.165, 1.54) is 11.0 Å². The number of β-amino-alcohol motifs (C(OH)–C–C–N with tert-alkyl or cyclic N) is 1. The molecule has 2 aromatic heterocycles. The van der Waals surface area contributed by atoms with Gasteiger partial charge in [-0.1, -0.05) is 6.07 Å². The second-order valence-corrected chi connectivity index (χ2v) is 9.40. The Balaban J connectivity index is 1.21. The molecule has 3 aliphatic rings.